The smallest absolute Gasteiger partial charge is 0.277 e. The molecule has 0 saturated heterocycles. The van der Waals surface area contributed by atoms with Gasteiger partial charge in [0.25, 0.3) is 5.22 Å². The maximum absolute atomic E-state index is 5.74. The van der Waals surface area contributed by atoms with Crippen molar-refractivity contribution >= 4 is 11.8 Å². The van der Waals surface area contributed by atoms with E-state index in [0.29, 0.717) is 11.1 Å². The average Bonchev–Trinajstić information content (AvgIpc) is 3.33. The predicted octanol–water partition coefficient (Wildman–Crippen LogP) is 4.17. The van der Waals surface area contributed by atoms with Crippen LogP contribution in [0.2, 0.25) is 0 Å². The van der Waals surface area contributed by atoms with E-state index in [0.717, 1.165) is 16.9 Å². The van der Waals surface area contributed by atoms with E-state index < -0.39 is 0 Å². The molecule has 25 heavy (non-hydrogen) atoms. The molecule has 0 aliphatic heterocycles. The lowest BCUT2D eigenvalue weighted by molar-refractivity contribution is 0.465. The van der Waals surface area contributed by atoms with Crippen LogP contribution in [0, 0.1) is 0 Å². The van der Waals surface area contributed by atoms with Crippen LogP contribution in [0.3, 0.4) is 0 Å². The minimum Gasteiger partial charge on any atom is -0.411 e. The Morgan fingerprint density at radius 1 is 0.920 bits per heavy atom. The van der Waals surface area contributed by atoms with E-state index in [1.165, 1.54) is 11.8 Å². The zero-order valence-electron chi connectivity index (χ0n) is 13.5. The minimum atomic E-state index is 0.0431. The Kier molecular flexibility index (Phi) is 4.30. The topological polar surface area (TPSA) is 69.6 Å². The number of rotatable bonds is 5. The first-order chi connectivity index (χ1) is 12.3. The monoisotopic (exact) mass is 349 g/mol. The van der Waals surface area contributed by atoms with Gasteiger partial charge in [0.15, 0.2) is 0 Å². The first-order valence-electron chi connectivity index (χ1n) is 7.83. The van der Waals surface area contributed by atoms with Crippen molar-refractivity contribution in [2.24, 2.45) is 0 Å². The third-order valence-corrected chi connectivity index (χ3v) is 4.61. The fourth-order valence-corrected chi connectivity index (χ4v) is 3.08. The van der Waals surface area contributed by atoms with E-state index in [1.54, 1.807) is 4.68 Å². The van der Waals surface area contributed by atoms with Crippen molar-refractivity contribution in [2.75, 3.05) is 0 Å². The molecule has 2 aromatic carbocycles. The molecule has 0 saturated carbocycles. The van der Waals surface area contributed by atoms with Gasteiger partial charge in [-0.05, 0) is 31.2 Å². The van der Waals surface area contributed by atoms with Crippen LogP contribution >= 0.6 is 11.8 Å². The number of aromatic nitrogens is 5. The molecule has 0 N–H and O–H groups in total. The van der Waals surface area contributed by atoms with Gasteiger partial charge in [-0.15, -0.1) is 15.3 Å². The van der Waals surface area contributed by atoms with Gasteiger partial charge in [-0.3, -0.25) is 0 Å². The molecule has 0 bridgehead atoms. The van der Waals surface area contributed by atoms with Crippen LogP contribution in [-0.2, 0) is 0 Å². The number of hydrogen-bond acceptors (Lipinski definition) is 6. The third-order valence-electron chi connectivity index (χ3n) is 3.65. The van der Waals surface area contributed by atoms with E-state index in [9.17, 15) is 0 Å². The molecule has 0 aliphatic rings. The summed E-state index contributed by atoms with van der Waals surface area (Å²) in [6, 6.07) is 19.6. The summed E-state index contributed by atoms with van der Waals surface area (Å²) >= 11 is 1.46. The van der Waals surface area contributed by atoms with Crippen LogP contribution in [0.15, 0.2) is 76.5 Å². The molecule has 124 valence electrons. The van der Waals surface area contributed by atoms with E-state index in [-0.39, 0.29) is 5.25 Å². The van der Waals surface area contributed by atoms with Gasteiger partial charge in [-0.25, -0.2) is 4.68 Å². The Labute approximate surface area is 148 Å². The molecule has 2 aromatic heterocycles. The lowest BCUT2D eigenvalue weighted by atomic mass is 10.2. The SMILES string of the molecule is C[C@H](Sc1nnc(-c2ccccc2)o1)c1cn(-c2ccccc2)nn1. The van der Waals surface area contributed by atoms with E-state index in [4.69, 9.17) is 4.42 Å². The Bertz CT molecular complexity index is 952. The van der Waals surface area contributed by atoms with Gasteiger partial charge < -0.3 is 4.42 Å². The van der Waals surface area contributed by atoms with Crippen molar-refractivity contribution in [3.8, 4) is 17.1 Å². The highest BCUT2D eigenvalue weighted by Crippen LogP contribution is 2.34. The van der Waals surface area contributed by atoms with E-state index >= 15 is 0 Å². The van der Waals surface area contributed by atoms with Crippen molar-refractivity contribution in [2.45, 2.75) is 17.4 Å². The molecule has 6 nitrogen and oxygen atoms in total. The molecule has 0 fully saturated rings. The van der Waals surface area contributed by atoms with E-state index in [1.807, 2.05) is 73.8 Å². The van der Waals surface area contributed by atoms with Gasteiger partial charge in [0.1, 0.15) is 0 Å². The maximum Gasteiger partial charge on any atom is 0.277 e. The fourth-order valence-electron chi connectivity index (χ4n) is 2.34. The summed E-state index contributed by atoms with van der Waals surface area (Å²) in [5.41, 5.74) is 2.74. The van der Waals surface area contributed by atoms with E-state index in [2.05, 4.69) is 20.5 Å². The summed E-state index contributed by atoms with van der Waals surface area (Å²) in [5.74, 6) is 0.517. The summed E-state index contributed by atoms with van der Waals surface area (Å²) in [4.78, 5) is 0. The quantitative estimate of drug-likeness (QED) is 0.504. The highest BCUT2D eigenvalue weighted by atomic mass is 32.2. The Morgan fingerprint density at radius 3 is 2.40 bits per heavy atom. The summed E-state index contributed by atoms with van der Waals surface area (Å²) in [6.07, 6.45) is 1.92. The second-order valence-corrected chi connectivity index (χ2v) is 6.71. The van der Waals surface area contributed by atoms with Crippen molar-refractivity contribution in [1.29, 1.82) is 0 Å². The Hall–Kier alpha value is -2.93. The van der Waals surface area contributed by atoms with Crippen LogP contribution in [0.4, 0.5) is 0 Å². The van der Waals surface area contributed by atoms with Gasteiger partial charge in [-0.2, -0.15) is 0 Å². The largest absolute Gasteiger partial charge is 0.411 e. The lowest BCUT2D eigenvalue weighted by Gasteiger charge is -2.03. The molecule has 0 unspecified atom stereocenters. The molecule has 0 amide bonds. The van der Waals surface area contributed by atoms with Crippen molar-refractivity contribution < 1.29 is 4.42 Å². The fraction of sp³-hybridized carbons (Fsp3) is 0.111. The first kappa shape index (κ1) is 15.6. The first-order valence-corrected chi connectivity index (χ1v) is 8.71. The molecule has 0 spiro atoms. The third kappa shape index (κ3) is 3.46. The summed E-state index contributed by atoms with van der Waals surface area (Å²) in [6.45, 7) is 2.04. The Balaban J connectivity index is 1.49. The molecular weight excluding hydrogens is 334 g/mol. The van der Waals surface area contributed by atoms with Crippen LogP contribution in [0.5, 0.6) is 0 Å². The standard InChI is InChI=1S/C18H15N5OS/c1-13(16-12-23(22-19-16)15-10-6-3-7-11-15)25-18-21-20-17(24-18)14-8-4-2-5-9-14/h2-13H,1H3/t13-/m0/s1. The number of thioether (sulfide) groups is 1. The summed E-state index contributed by atoms with van der Waals surface area (Å²) in [5, 5.41) is 17.2. The molecule has 4 rings (SSSR count). The molecule has 7 heteroatoms. The second-order valence-electron chi connectivity index (χ2n) is 5.42. The predicted molar refractivity (Wildman–Crippen MR) is 95.4 cm³/mol. The molecule has 2 heterocycles. The summed E-state index contributed by atoms with van der Waals surface area (Å²) in [7, 11) is 0. The highest BCUT2D eigenvalue weighted by molar-refractivity contribution is 7.99. The van der Waals surface area contributed by atoms with Crippen LogP contribution in [0.1, 0.15) is 17.9 Å². The number of hydrogen-bond donors (Lipinski definition) is 0. The van der Waals surface area contributed by atoms with Gasteiger partial charge in [0.05, 0.1) is 22.8 Å². The van der Waals surface area contributed by atoms with Gasteiger partial charge in [0.2, 0.25) is 5.89 Å². The van der Waals surface area contributed by atoms with Gasteiger partial charge in [0, 0.05) is 5.56 Å². The highest BCUT2D eigenvalue weighted by Gasteiger charge is 2.17. The van der Waals surface area contributed by atoms with Gasteiger partial charge in [-0.1, -0.05) is 53.4 Å². The van der Waals surface area contributed by atoms with Crippen molar-refractivity contribution in [3.63, 3.8) is 0 Å². The maximum atomic E-state index is 5.74. The molecular formula is C18H15N5OS. The second kappa shape index (κ2) is 6.90. The average molecular weight is 349 g/mol. The minimum absolute atomic E-state index is 0.0431. The zero-order chi connectivity index (χ0) is 17.1. The summed E-state index contributed by atoms with van der Waals surface area (Å²) < 4.78 is 7.50. The molecule has 0 radical (unpaired) electrons. The van der Waals surface area contributed by atoms with Crippen molar-refractivity contribution in [1.82, 2.24) is 25.2 Å². The Morgan fingerprint density at radius 2 is 1.64 bits per heavy atom. The molecule has 1 atom stereocenters. The molecule has 0 aliphatic carbocycles. The normalized spacial score (nSPS) is 12.2. The van der Waals surface area contributed by atoms with Crippen LogP contribution in [-0.4, -0.2) is 25.2 Å². The van der Waals surface area contributed by atoms with Gasteiger partial charge >= 0.3 is 0 Å². The number of benzene rings is 2. The number of nitrogens with zero attached hydrogens (tertiary/aromatic N) is 5. The lowest BCUT2D eigenvalue weighted by Crippen LogP contribution is -1.93. The number of para-hydroxylation sites is 1. The van der Waals surface area contributed by atoms with Crippen molar-refractivity contribution in [3.05, 3.63) is 72.6 Å². The van der Waals surface area contributed by atoms with Crippen LogP contribution in [0.25, 0.3) is 17.1 Å². The molecule has 4 aromatic rings. The van der Waals surface area contributed by atoms with Crippen LogP contribution < -0.4 is 0 Å². The zero-order valence-corrected chi connectivity index (χ0v) is 14.3.